The number of nitrogens with one attached hydrogen (secondary N) is 1. The number of likely N-dealkylation sites (tertiary alicyclic amines) is 1. The van der Waals surface area contributed by atoms with E-state index in [0.29, 0.717) is 31.1 Å². The number of aryl methyl sites for hydroxylation is 1. The van der Waals surface area contributed by atoms with E-state index in [2.05, 4.69) is 15.1 Å². The number of fused-ring (bicyclic) bond motifs is 1. The Morgan fingerprint density at radius 3 is 3.04 bits per heavy atom. The normalized spacial score (nSPS) is 20.5. The molecule has 7 nitrogen and oxygen atoms in total. The second kappa shape index (κ2) is 6.33. The first-order valence-corrected chi connectivity index (χ1v) is 8.33. The van der Waals surface area contributed by atoms with Crippen molar-refractivity contribution in [1.82, 2.24) is 20.0 Å². The first-order valence-electron chi connectivity index (χ1n) is 8.33. The smallest absolute Gasteiger partial charge is 0.249 e. The predicted octanol–water partition coefficient (Wildman–Crippen LogP) is 2.39. The molecule has 1 N–H and O–H groups in total. The molecule has 0 unspecified atom stereocenters. The van der Waals surface area contributed by atoms with Crippen molar-refractivity contribution in [3.8, 4) is 0 Å². The summed E-state index contributed by atoms with van der Waals surface area (Å²) in [6, 6.07) is 7.75. The summed E-state index contributed by atoms with van der Waals surface area (Å²) in [4.78, 5) is 22.3. The average Bonchev–Trinajstić information content (AvgIpc) is 3.33. The molecule has 0 radical (unpaired) electrons. The molecule has 4 rings (SSSR count). The van der Waals surface area contributed by atoms with Crippen molar-refractivity contribution in [2.24, 2.45) is 0 Å². The lowest BCUT2D eigenvalue weighted by atomic mass is 10.1. The van der Waals surface area contributed by atoms with E-state index in [1.165, 1.54) is 0 Å². The van der Waals surface area contributed by atoms with Gasteiger partial charge in [0.25, 0.3) is 0 Å². The molecule has 7 heteroatoms. The van der Waals surface area contributed by atoms with Gasteiger partial charge in [0.15, 0.2) is 5.82 Å². The topological polar surface area (TPSA) is 84.2 Å². The van der Waals surface area contributed by atoms with E-state index < -0.39 is 0 Å². The van der Waals surface area contributed by atoms with E-state index in [4.69, 9.17) is 9.26 Å². The van der Waals surface area contributed by atoms with Crippen LogP contribution in [0.2, 0.25) is 0 Å². The van der Waals surface area contributed by atoms with Crippen LogP contribution in [0.1, 0.15) is 29.7 Å². The molecular formula is C18H20N4O3. The lowest BCUT2D eigenvalue weighted by molar-refractivity contribution is -0.132. The number of aromatic amines is 1. The summed E-state index contributed by atoms with van der Waals surface area (Å²) >= 11 is 0. The first-order chi connectivity index (χ1) is 12.2. The molecule has 1 aliphatic heterocycles. The lowest BCUT2D eigenvalue weighted by Crippen LogP contribution is -2.33. The fraction of sp³-hybridized carbons (Fsp3) is 0.389. The lowest BCUT2D eigenvalue weighted by Gasteiger charge is -2.21. The predicted molar refractivity (Wildman–Crippen MR) is 90.9 cm³/mol. The Morgan fingerprint density at radius 2 is 2.28 bits per heavy atom. The summed E-state index contributed by atoms with van der Waals surface area (Å²) in [5.41, 5.74) is 2.02. The number of hydrogen-bond acceptors (Lipinski definition) is 5. The summed E-state index contributed by atoms with van der Waals surface area (Å²) < 4.78 is 10.8. The number of aromatic nitrogens is 3. The molecule has 1 aliphatic rings. The van der Waals surface area contributed by atoms with Gasteiger partial charge in [0, 0.05) is 37.2 Å². The van der Waals surface area contributed by atoms with Crippen molar-refractivity contribution < 1.29 is 14.1 Å². The number of para-hydroxylation sites is 1. The molecule has 1 aromatic carbocycles. The number of nitrogens with zero attached hydrogens (tertiary/aromatic N) is 3. The molecule has 1 fully saturated rings. The largest absolute Gasteiger partial charge is 0.380 e. The van der Waals surface area contributed by atoms with Gasteiger partial charge in [-0.25, -0.2) is 0 Å². The van der Waals surface area contributed by atoms with E-state index >= 15 is 0 Å². The Hall–Kier alpha value is -2.67. The maximum Gasteiger partial charge on any atom is 0.249 e. The van der Waals surface area contributed by atoms with Gasteiger partial charge in [-0.05, 0) is 18.6 Å². The fourth-order valence-corrected chi connectivity index (χ4v) is 3.47. The molecule has 3 aromatic rings. The van der Waals surface area contributed by atoms with Gasteiger partial charge in [-0.1, -0.05) is 23.4 Å². The fourth-order valence-electron chi connectivity index (χ4n) is 3.47. The Balaban J connectivity index is 1.58. The van der Waals surface area contributed by atoms with Crippen LogP contribution < -0.4 is 0 Å². The number of carbonyl (C=O) groups is 1. The Labute approximate surface area is 145 Å². The monoisotopic (exact) mass is 340 g/mol. The van der Waals surface area contributed by atoms with Crippen molar-refractivity contribution >= 4 is 16.8 Å². The zero-order valence-corrected chi connectivity index (χ0v) is 14.2. The van der Waals surface area contributed by atoms with Crippen molar-refractivity contribution in [3.63, 3.8) is 0 Å². The summed E-state index contributed by atoms with van der Waals surface area (Å²) in [6.45, 7) is 2.30. The minimum Gasteiger partial charge on any atom is -0.380 e. The van der Waals surface area contributed by atoms with Crippen LogP contribution in [-0.4, -0.2) is 45.7 Å². The number of benzene rings is 1. The van der Waals surface area contributed by atoms with Crippen LogP contribution in [0.5, 0.6) is 0 Å². The highest BCUT2D eigenvalue weighted by Gasteiger charge is 2.39. The Kier molecular flexibility index (Phi) is 4.01. The van der Waals surface area contributed by atoms with Crippen LogP contribution in [0.3, 0.4) is 0 Å². The molecule has 2 aromatic heterocycles. The van der Waals surface area contributed by atoms with E-state index in [1.807, 2.05) is 30.5 Å². The molecular weight excluding hydrogens is 320 g/mol. The third-order valence-electron chi connectivity index (χ3n) is 4.76. The van der Waals surface area contributed by atoms with Gasteiger partial charge in [0.05, 0.1) is 12.5 Å². The third kappa shape index (κ3) is 2.91. The zero-order valence-electron chi connectivity index (χ0n) is 14.2. The van der Waals surface area contributed by atoms with Crippen LogP contribution >= 0.6 is 0 Å². The third-order valence-corrected chi connectivity index (χ3v) is 4.76. The highest BCUT2D eigenvalue weighted by Crippen LogP contribution is 2.33. The van der Waals surface area contributed by atoms with Crippen LogP contribution in [0.25, 0.3) is 10.9 Å². The molecule has 2 atom stereocenters. The van der Waals surface area contributed by atoms with Gasteiger partial charge >= 0.3 is 0 Å². The maximum absolute atomic E-state index is 13.0. The summed E-state index contributed by atoms with van der Waals surface area (Å²) in [6.07, 6.45) is 2.87. The molecule has 0 bridgehead atoms. The van der Waals surface area contributed by atoms with E-state index in [9.17, 15) is 4.79 Å². The Morgan fingerprint density at radius 1 is 1.44 bits per heavy atom. The number of H-pyrrole nitrogens is 1. The summed E-state index contributed by atoms with van der Waals surface area (Å²) in [7, 11) is 1.66. The van der Waals surface area contributed by atoms with Gasteiger partial charge in [-0.15, -0.1) is 0 Å². The molecule has 1 saturated heterocycles. The van der Waals surface area contributed by atoms with Gasteiger partial charge in [0.1, 0.15) is 6.04 Å². The number of hydrogen-bond donors (Lipinski definition) is 1. The number of methoxy groups -OCH3 is 1. The molecule has 0 spiro atoms. The summed E-state index contributed by atoms with van der Waals surface area (Å²) in [5.74, 6) is 1.08. The van der Waals surface area contributed by atoms with Crippen molar-refractivity contribution in [2.45, 2.75) is 31.9 Å². The van der Waals surface area contributed by atoms with Crippen molar-refractivity contribution in [2.75, 3.05) is 13.7 Å². The van der Waals surface area contributed by atoms with Crippen LogP contribution in [0.4, 0.5) is 0 Å². The van der Waals surface area contributed by atoms with Gasteiger partial charge in [0.2, 0.25) is 11.8 Å². The van der Waals surface area contributed by atoms with E-state index in [-0.39, 0.29) is 18.1 Å². The summed E-state index contributed by atoms with van der Waals surface area (Å²) in [5, 5.41) is 4.93. The first kappa shape index (κ1) is 15.8. The second-order valence-corrected chi connectivity index (χ2v) is 6.37. The SMILES string of the molecule is CO[C@H]1C[C@H](c2nc(C)no2)N(C(=O)Cc2c[nH]c3ccccc23)C1. The van der Waals surface area contributed by atoms with Crippen LogP contribution in [-0.2, 0) is 16.0 Å². The van der Waals surface area contributed by atoms with Gasteiger partial charge in [-0.3, -0.25) is 4.79 Å². The van der Waals surface area contributed by atoms with Crippen molar-refractivity contribution in [3.05, 3.63) is 47.7 Å². The van der Waals surface area contributed by atoms with E-state index in [1.54, 1.807) is 18.9 Å². The average molecular weight is 340 g/mol. The zero-order chi connectivity index (χ0) is 17.4. The molecule has 0 aliphatic carbocycles. The number of carbonyl (C=O) groups excluding carboxylic acids is 1. The van der Waals surface area contributed by atoms with Crippen molar-refractivity contribution in [1.29, 1.82) is 0 Å². The molecule has 0 saturated carbocycles. The molecule has 25 heavy (non-hydrogen) atoms. The minimum atomic E-state index is -0.233. The molecule has 3 heterocycles. The maximum atomic E-state index is 13.0. The van der Waals surface area contributed by atoms with Gasteiger partial charge < -0.3 is 19.1 Å². The van der Waals surface area contributed by atoms with Crippen LogP contribution in [0, 0.1) is 6.92 Å². The number of amides is 1. The standard InChI is InChI=1S/C18H20N4O3/c1-11-20-18(25-21-11)16-8-13(24-2)10-22(16)17(23)7-12-9-19-15-6-4-3-5-14(12)15/h3-6,9,13,16,19H,7-8,10H2,1-2H3/t13-,16+/m0/s1. The van der Waals surface area contributed by atoms with Gasteiger partial charge in [-0.2, -0.15) is 4.98 Å². The van der Waals surface area contributed by atoms with E-state index in [0.717, 1.165) is 16.5 Å². The van der Waals surface area contributed by atoms with Crippen LogP contribution in [0.15, 0.2) is 35.0 Å². The minimum absolute atomic E-state index is 0.0240. The molecule has 1 amide bonds. The highest BCUT2D eigenvalue weighted by molar-refractivity contribution is 5.89. The highest BCUT2D eigenvalue weighted by atomic mass is 16.5. The number of ether oxygens (including phenoxy) is 1. The quantitative estimate of drug-likeness (QED) is 0.788. The Bertz CT molecular complexity index is 901. The number of rotatable bonds is 4. The molecule has 130 valence electrons. The second-order valence-electron chi connectivity index (χ2n) is 6.37.